The van der Waals surface area contributed by atoms with Crippen LogP contribution in [-0.4, -0.2) is 31.7 Å². The molecule has 1 heterocycles. The van der Waals surface area contributed by atoms with E-state index in [0.717, 1.165) is 6.26 Å². The third-order valence-electron chi connectivity index (χ3n) is 1.88. The van der Waals surface area contributed by atoms with Crippen LogP contribution in [0, 0.1) is 0 Å². The van der Waals surface area contributed by atoms with Crippen LogP contribution in [0.3, 0.4) is 0 Å². The van der Waals surface area contributed by atoms with Crippen molar-refractivity contribution in [1.82, 2.24) is 4.98 Å². The second kappa shape index (κ2) is 4.39. The van der Waals surface area contributed by atoms with E-state index in [-0.39, 0.29) is 4.90 Å². The lowest BCUT2D eigenvalue weighted by Gasteiger charge is -2.20. The summed E-state index contributed by atoms with van der Waals surface area (Å²) < 4.78 is 22.9. The Morgan fingerprint density at radius 1 is 1.50 bits per heavy atom. The SMILES string of the molecule is CC(C)(N)CNc1ncccc1S(C)(=O)=O. The molecule has 1 rings (SSSR count). The van der Waals surface area contributed by atoms with Gasteiger partial charge in [-0.15, -0.1) is 0 Å². The van der Waals surface area contributed by atoms with Crippen LogP contribution < -0.4 is 11.1 Å². The highest BCUT2D eigenvalue weighted by Crippen LogP contribution is 2.17. The van der Waals surface area contributed by atoms with E-state index >= 15 is 0 Å². The van der Waals surface area contributed by atoms with Crippen LogP contribution in [0.4, 0.5) is 5.82 Å². The molecule has 0 unspecified atom stereocenters. The second-order valence-corrected chi connectivity index (χ2v) is 6.45. The molecule has 6 heteroatoms. The number of nitrogens with two attached hydrogens (primary N) is 1. The van der Waals surface area contributed by atoms with Gasteiger partial charge in [-0.25, -0.2) is 13.4 Å². The maximum atomic E-state index is 11.5. The molecule has 0 fully saturated rings. The van der Waals surface area contributed by atoms with Gasteiger partial charge in [0.1, 0.15) is 10.7 Å². The summed E-state index contributed by atoms with van der Waals surface area (Å²) in [6.45, 7) is 4.15. The van der Waals surface area contributed by atoms with Crippen LogP contribution in [0.15, 0.2) is 23.2 Å². The molecule has 0 aliphatic heterocycles. The number of nitrogens with one attached hydrogen (secondary N) is 1. The fourth-order valence-electron chi connectivity index (χ4n) is 1.13. The third kappa shape index (κ3) is 3.79. The highest BCUT2D eigenvalue weighted by atomic mass is 32.2. The molecular formula is C10H17N3O2S. The zero-order valence-electron chi connectivity index (χ0n) is 9.69. The summed E-state index contributed by atoms with van der Waals surface area (Å²) in [5.41, 5.74) is 5.38. The van der Waals surface area contributed by atoms with Crippen LogP contribution in [-0.2, 0) is 9.84 Å². The van der Waals surface area contributed by atoms with Gasteiger partial charge in [-0.05, 0) is 26.0 Å². The summed E-state index contributed by atoms with van der Waals surface area (Å²) in [5, 5.41) is 2.94. The Morgan fingerprint density at radius 3 is 2.62 bits per heavy atom. The van der Waals surface area contributed by atoms with Gasteiger partial charge in [-0.1, -0.05) is 0 Å². The Kier molecular flexibility index (Phi) is 3.54. The molecule has 0 spiro atoms. The van der Waals surface area contributed by atoms with Gasteiger partial charge in [0.2, 0.25) is 0 Å². The molecule has 16 heavy (non-hydrogen) atoms. The highest BCUT2D eigenvalue weighted by molar-refractivity contribution is 7.90. The predicted molar refractivity (Wildman–Crippen MR) is 64.1 cm³/mol. The lowest BCUT2D eigenvalue weighted by molar-refractivity contribution is 0.547. The first-order valence-corrected chi connectivity index (χ1v) is 6.77. The number of pyridine rings is 1. The molecule has 0 aromatic carbocycles. The number of aromatic nitrogens is 1. The zero-order valence-corrected chi connectivity index (χ0v) is 10.5. The van der Waals surface area contributed by atoms with Crippen molar-refractivity contribution in [3.63, 3.8) is 0 Å². The molecule has 0 atom stereocenters. The molecule has 1 aromatic heterocycles. The Labute approximate surface area is 96.0 Å². The fraction of sp³-hybridized carbons (Fsp3) is 0.500. The molecule has 0 saturated heterocycles. The fourth-order valence-corrected chi connectivity index (χ4v) is 1.94. The Bertz CT molecular complexity index is 463. The molecule has 3 N–H and O–H groups in total. The minimum atomic E-state index is -3.27. The van der Waals surface area contributed by atoms with E-state index in [2.05, 4.69) is 10.3 Å². The van der Waals surface area contributed by atoms with Crippen LogP contribution >= 0.6 is 0 Å². The van der Waals surface area contributed by atoms with Gasteiger partial charge < -0.3 is 11.1 Å². The normalized spacial score (nSPS) is 12.5. The topological polar surface area (TPSA) is 85.1 Å². The van der Waals surface area contributed by atoms with E-state index in [4.69, 9.17) is 5.73 Å². The smallest absolute Gasteiger partial charge is 0.179 e. The zero-order chi connectivity index (χ0) is 12.4. The summed E-state index contributed by atoms with van der Waals surface area (Å²) in [4.78, 5) is 4.20. The van der Waals surface area contributed by atoms with Crippen molar-refractivity contribution in [3.05, 3.63) is 18.3 Å². The molecule has 5 nitrogen and oxygen atoms in total. The minimum absolute atomic E-state index is 0.194. The maximum Gasteiger partial charge on any atom is 0.179 e. The van der Waals surface area contributed by atoms with E-state index in [1.807, 2.05) is 13.8 Å². The van der Waals surface area contributed by atoms with Crippen molar-refractivity contribution < 1.29 is 8.42 Å². The minimum Gasteiger partial charge on any atom is -0.367 e. The first-order chi connectivity index (χ1) is 7.20. The van der Waals surface area contributed by atoms with Crippen molar-refractivity contribution in [2.45, 2.75) is 24.3 Å². The quantitative estimate of drug-likeness (QED) is 0.810. The predicted octanol–water partition coefficient (Wildman–Crippen LogP) is 0.634. The largest absolute Gasteiger partial charge is 0.367 e. The molecule has 1 aromatic rings. The van der Waals surface area contributed by atoms with E-state index < -0.39 is 15.4 Å². The van der Waals surface area contributed by atoms with Crippen molar-refractivity contribution >= 4 is 15.7 Å². The van der Waals surface area contributed by atoms with Gasteiger partial charge in [0.05, 0.1) is 0 Å². The van der Waals surface area contributed by atoms with Crippen LogP contribution in [0.5, 0.6) is 0 Å². The Morgan fingerprint density at radius 2 is 2.12 bits per heavy atom. The van der Waals surface area contributed by atoms with E-state index in [0.29, 0.717) is 12.4 Å². The van der Waals surface area contributed by atoms with Gasteiger partial charge in [0, 0.05) is 24.5 Å². The highest BCUT2D eigenvalue weighted by Gasteiger charge is 2.16. The second-order valence-electron chi connectivity index (χ2n) is 4.46. The molecule has 0 saturated carbocycles. The molecule has 0 aliphatic carbocycles. The third-order valence-corrected chi connectivity index (χ3v) is 3.01. The number of hydrogen-bond donors (Lipinski definition) is 2. The van der Waals surface area contributed by atoms with Crippen molar-refractivity contribution in [1.29, 1.82) is 0 Å². The lowest BCUT2D eigenvalue weighted by Crippen LogP contribution is -2.40. The average molecular weight is 243 g/mol. The van der Waals surface area contributed by atoms with Crippen molar-refractivity contribution in [3.8, 4) is 0 Å². The van der Waals surface area contributed by atoms with E-state index in [9.17, 15) is 8.42 Å². The summed E-state index contributed by atoms with van der Waals surface area (Å²) in [7, 11) is -3.27. The summed E-state index contributed by atoms with van der Waals surface area (Å²) in [6.07, 6.45) is 2.70. The number of anilines is 1. The molecule has 0 aliphatic rings. The number of hydrogen-bond acceptors (Lipinski definition) is 5. The van der Waals surface area contributed by atoms with Crippen molar-refractivity contribution in [2.24, 2.45) is 5.73 Å². The monoisotopic (exact) mass is 243 g/mol. The van der Waals surface area contributed by atoms with Gasteiger partial charge in [-0.2, -0.15) is 0 Å². The summed E-state index contributed by atoms with van der Waals surface area (Å²) in [6, 6.07) is 3.11. The van der Waals surface area contributed by atoms with Gasteiger partial charge in [0.15, 0.2) is 9.84 Å². The molecule has 0 bridgehead atoms. The number of nitrogens with zero attached hydrogens (tertiary/aromatic N) is 1. The van der Waals surface area contributed by atoms with Crippen LogP contribution in [0.25, 0.3) is 0 Å². The maximum absolute atomic E-state index is 11.5. The van der Waals surface area contributed by atoms with Crippen molar-refractivity contribution in [2.75, 3.05) is 18.1 Å². The lowest BCUT2D eigenvalue weighted by atomic mass is 10.1. The Balaban J connectivity index is 2.97. The molecular weight excluding hydrogens is 226 g/mol. The summed E-state index contributed by atoms with van der Waals surface area (Å²) in [5.74, 6) is 0.350. The van der Waals surface area contributed by atoms with Gasteiger partial charge in [-0.3, -0.25) is 0 Å². The average Bonchev–Trinajstić information content (AvgIpc) is 2.12. The van der Waals surface area contributed by atoms with Gasteiger partial charge in [0.25, 0.3) is 0 Å². The number of sulfone groups is 1. The van der Waals surface area contributed by atoms with E-state index in [1.165, 1.54) is 6.07 Å². The standard InChI is InChI=1S/C10H17N3O2S/c1-10(2,11)7-13-9-8(16(3,14)15)5-4-6-12-9/h4-6H,7,11H2,1-3H3,(H,12,13). The molecule has 90 valence electrons. The summed E-state index contributed by atoms with van der Waals surface area (Å²) >= 11 is 0. The first-order valence-electron chi connectivity index (χ1n) is 4.88. The van der Waals surface area contributed by atoms with Crippen LogP contribution in [0.1, 0.15) is 13.8 Å². The van der Waals surface area contributed by atoms with Gasteiger partial charge >= 0.3 is 0 Å². The molecule has 0 radical (unpaired) electrons. The first kappa shape index (κ1) is 12.9. The molecule has 0 amide bonds. The number of rotatable bonds is 4. The van der Waals surface area contributed by atoms with Crippen LogP contribution in [0.2, 0.25) is 0 Å². The van der Waals surface area contributed by atoms with E-state index in [1.54, 1.807) is 12.3 Å². The Hall–Kier alpha value is -1.14.